The van der Waals surface area contributed by atoms with Crippen molar-refractivity contribution in [2.24, 2.45) is 0 Å². The van der Waals surface area contributed by atoms with Crippen LogP contribution < -0.4 is 0 Å². The highest BCUT2D eigenvalue weighted by Crippen LogP contribution is 2.23. The van der Waals surface area contributed by atoms with Gasteiger partial charge in [-0.15, -0.1) is 10.2 Å². The van der Waals surface area contributed by atoms with Crippen molar-refractivity contribution in [2.45, 2.75) is 6.54 Å². The van der Waals surface area contributed by atoms with E-state index in [0.29, 0.717) is 17.1 Å². The SMILES string of the molecule is CN(Cc1nn[nH]n1)C(=O)c1ccc(-c2ccc(F)cc2)o1. The third-order valence-electron chi connectivity index (χ3n) is 3.06. The highest BCUT2D eigenvalue weighted by molar-refractivity contribution is 5.91. The van der Waals surface area contributed by atoms with Gasteiger partial charge in [0.25, 0.3) is 5.91 Å². The number of nitrogens with one attached hydrogen (secondary N) is 1. The zero-order valence-corrected chi connectivity index (χ0v) is 11.7. The van der Waals surface area contributed by atoms with Crippen molar-refractivity contribution in [1.29, 1.82) is 0 Å². The van der Waals surface area contributed by atoms with Crippen LogP contribution in [0, 0.1) is 5.82 Å². The van der Waals surface area contributed by atoms with Crippen LogP contribution in [0.5, 0.6) is 0 Å². The highest BCUT2D eigenvalue weighted by Gasteiger charge is 2.18. The van der Waals surface area contributed by atoms with Crippen molar-refractivity contribution >= 4 is 5.91 Å². The molecule has 0 aliphatic carbocycles. The molecule has 0 bridgehead atoms. The summed E-state index contributed by atoms with van der Waals surface area (Å²) in [7, 11) is 1.61. The summed E-state index contributed by atoms with van der Waals surface area (Å²) in [4.78, 5) is 13.7. The summed E-state index contributed by atoms with van der Waals surface area (Å²) in [6, 6.07) is 9.09. The maximum atomic E-state index is 12.9. The Morgan fingerprint density at radius 3 is 2.73 bits per heavy atom. The molecular weight excluding hydrogens is 289 g/mol. The van der Waals surface area contributed by atoms with Crippen molar-refractivity contribution in [3.05, 3.63) is 53.8 Å². The normalized spacial score (nSPS) is 10.6. The third-order valence-corrected chi connectivity index (χ3v) is 3.06. The highest BCUT2D eigenvalue weighted by atomic mass is 19.1. The van der Waals surface area contributed by atoms with Crippen LogP contribution in [-0.4, -0.2) is 38.5 Å². The van der Waals surface area contributed by atoms with Gasteiger partial charge in [0.1, 0.15) is 11.6 Å². The first kappa shape index (κ1) is 13.9. The number of tetrazole rings is 1. The van der Waals surface area contributed by atoms with E-state index < -0.39 is 0 Å². The summed E-state index contributed by atoms with van der Waals surface area (Å²) in [6.45, 7) is 0.210. The van der Waals surface area contributed by atoms with Crippen LogP contribution in [-0.2, 0) is 6.54 Å². The maximum Gasteiger partial charge on any atom is 0.289 e. The van der Waals surface area contributed by atoms with Gasteiger partial charge in [0.15, 0.2) is 11.6 Å². The molecule has 0 saturated heterocycles. The second kappa shape index (κ2) is 5.76. The van der Waals surface area contributed by atoms with Crippen LogP contribution in [0.2, 0.25) is 0 Å². The van der Waals surface area contributed by atoms with Gasteiger partial charge in [-0.05, 0) is 36.4 Å². The largest absolute Gasteiger partial charge is 0.451 e. The lowest BCUT2D eigenvalue weighted by molar-refractivity contribution is 0.0751. The fourth-order valence-corrected chi connectivity index (χ4v) is 1.94. The van der Waals surface area contributed by atoms with Crippen molar-refractivity contribution in [3.8, 4) is 11.3 Å². The van der Waals surface area contributed by atoms with E-state index in [0.717, 1.165) is 0 Å². The third kappa shape index (κ3) is 2.85. The number of H-pyrrole nitrogens is 1. The fraction of sp³-hybridized carbons (Fsp3) is 0.143. The molecule has 3 rings (SSSR count). The lowest BCUT2D eigenvalue weighted by Gasteiger charge is -2.12. The molecule has 0 atom stereocenters. The molecule has 112 valence electrons. The Bertz CT molecular complexity index is 767. The molecule has 22 heavy (non-hydrogen) atoms. The molecule has 0 aliphatic heterocycles. The monoisotopic (exact) mass is 301 g/mol. The molecule has 0 radical (unpaired) electrons. The Morgan fingerprint density at radius 1 is 1.27 bits per heavy atom. The molecule has 7 nitrogen and oxygen atoms in total. The molecule has 1 N–H and O–H groups in total. The van der Waals surface area contributed by atoms with E-state index in [1.807, 2.05) is 0 Å². The minimum Gasteiger partial charge on any atom is -0.451 e. The lowest BCUT2D eigenvalue weighted by atomic mass is 10.2. The van der Waals surface area contributed by atoms with Gasteiger partial charge in [-0.3, -0.25) is 4.79 Å². The van der Waals surface area contributed by atoms with E-state index in [4.69, 9.17) is 4.42 Å². The van der Waals surface area contributed by atoms with Crippen molar-refractivity contribution in [2.75, 3.05) is 7.05 Å². The quantitative estimate of drug-likeness (QED) is 0.794. The van der Waals surface area contributed by atoms with Gasteiger partial charge in [-0.25, -0.2) is 4.39 Å². The van der Waals surface area contributed by atoms with Crippen molar-refractivity contribution < 1.29 is 13.6 Å². The fourth-order valence-electron chi connectivity index (χ4n) is 1.94. The van der Waals surface area contributed by atoms with Gasteiger partial charge in [0, 0.05) is 12.6 Å². The van der Waals surface area contributed by atoms with E-state index >= 15 is 0 Å². The number of aromatic amines is 1. The smallest absolute Gasteiger partial charge is 0.289 e. The number of benzene rings is 1. The zero-order valence-electron chi connectivity index (χ0n) is 11.7. The molecule has 0 fully saturated rings. The minimum absolute atomic E-state index is 0.185. The van der Waals surface area contributed by atoms with Gasteiger partial charge < -0.3 is 9.32 Å². The van der Waals surface area contributed by atoms with E-state index in [2.05, 4.69) is 20.6 Å². The van der Waals surface area contributed by atoms with Gasteiger partial charge in [0.2, 0.25) is 0 Å². The molecule has 1 amide bonds. The Labute approximate surface area is 124 Å². The number of furan rings is 1. The molecular formula is C14H12FN5O2. The molecule has 0 unspecified atom stereocenters. The number of amides is 1. The summed E-state index contributed by atoms with van der Waals surface area (Å²) in [5.41, 5.74) is 0.696. The predicted octanol–water partition coefficient (Wildman–Crippen LogP) is 1.87. The Kier molecular flexibility index (Phi) is 3.65. The first-order chi connectivity index (χ1) is 10.6. The van der Waals surface area contributed by atoms with Crippen LogP contribution in [0.25, 0.3) is 11.3 Å². The topological polar surface area (TPSA) is 87.9 Å². The molecule has 0 spiro atoms. The number of halogens is 1. The van der Waals surface area contributed by atoms with Crippen LogP contribution >= 0.6 is 0 Å². The Hall–Kier alpha value is -3.03. The van der Waals surface area contributed by atoms with Crippen LogP contribution in [0.4, 0.5) is 4.39 Å². The number of nitrogens with zero attached hydrogens (tertiary/aromatic N) is 4. The van der Waals surface area contributed by atoms with Gasteiger partial charge in [-0.2, -0.15) is 5.21 Å². The molecule has 2 heterocycles. The summed E-state index contributed by atoms with van der Waals surface area (Å²) >= 11 is 0. The van der Waals surface area contributed by atoms with Crippen LogP contribution in [0.3, 0.4) is 0 Å². The maximum absolute atomic E-state index is 12.9. The van der Waals surface area contributed by atoms with Gasteiger partial charge in [0.05, 0.1) is 6.54 Å². The lowest BCUT2D eigenvalue weighted by Crippen LogP contribution is -2.26. The Morgan fingerprint density at radius 2 is 2.05 bits per heavy atom. The Balaban J connectivity index is 1.75. The number of aromatic nitrogens is 4. The first-order valence-corrected chi connectivity index (χ1v) is 6.47. The summed E-state index contributed by atoms with van der Waals surface area (Å²) in [6.07, 6.45) is 0. The molecule has 0 aliphatic rings. The minimum atomic E-state index is -0.327. The van der Waals surface area contributed by atoms with Crippen molar-refractivity contribution in [1.82, 2.24) is 25.5 Å². The zero-order chi connectivity index (χ0) is 15.5. The second-order valence-corrected chi connectivity index (χ2v) is 4.66. The van der Waals surface area contributed by atoms with E-state index in [9.17, 15) is 9.18 Å². The molecule has 1 aromatic carbocycles. The average Bonchev–Trinajstić information content (AvgIpc) is 3.18. The molecule has 0 saturated carbocycles. The molecule has 2 aromatic heterocycles. The molecule has 3 aromatic rings. The van der Waals surface area contributed by atoms with Crippen LogP contribution in [0.15, 0.2) is 40.8 Å². The van der Waals surface area contributed by atoms with Gasteiger partial charge >= 0.3 is 0 Å². The first-order valence-electron chi connectivity index (χ1n) is 6.47. The number of rotatable bonds is 4. The van der Waals surface area contributed by atoms with E-state index in [-0.39, 0.29) is 24.0 Å². The van der Waals surface area contributed by atoms with Crippen molar-refractivity contribution in [3.63, 3.8) is 0 Å². The van der Waals surface area contributed by atoms with Gasteiger partial charge in [-0.1, -0.05) is 5.21 Å². The van der Waals surface area contributed by atoms with E-state index in [1.165, 1.54) is 17.0 Å². The standard InChI is InChI=1S/C14H12FN5O2/c1-20(8-13-16-18-19-17-13)14(21)12-7-6-11(22-12)9-2-4-10(15)5-3-9/h2-7H,8H2,1H3,(H,16,17,18,19). The number of carbonyl (C=O) groups excluding carboxylic acids is 1. The number of hydrogen-bond donors (Lipinski definition) is 1. The second-order valence-electron chi connectivity index (χ2n) is 4.66. The number of hydrogen-bond acceptors (Lipinski definition) is 5. The van der Waals surface area contributed by atoms with E-state index in [1.54, 1.807) is 31.3 Å². The summed E-state index contributed by atoms with van der Waals surface area (Å²) in [5, 5.41) is 13.3. The predicted molar refractivity (Wildman–Crippen MR) is 74.1 cm³/mol. The summed E-state index contributed by atoms with van der Waals surface area (Å²) < 4.78 is 18.4. The molecule has 8 heteroatoms. The van der Waals surface area contributed by atoms with Crippen LogP contribution in [0.1, 0.15) is 16.4 Å². The average molecular weight is 301 g/mol. The summed E-state index contributed by atoms with van der Waals surface area (Å²) in [5.74, 6) is 0.451. The number of carbonyl (C=O) groups is 1.